The zero-order chi connectivity index (χ0) is 29.4. The van der Waals surface area contributed by atoms with E-state index < -0.39 is 29.1 Å². The molecule has 1 aromatic heterocycles. The van der Waals surface area contributed by atoms with Crippen LogP contribution < -0.4 is 15.6 Å². The van der Waals surface area contributed by atoms with Crippen molar-refractivity contribution in [3.63, 3.8) is 0 Å². The Morgan fingerprint density at radius 2 is 1.80 bits per heavy atom. The van der Waals surface area contributed by atoms with Crippen molar-refractivity contribution in [2.24, 2.45) is 0 Å². The van der Waals surface area contributed by atoms with Gasteiger partial charge in [0.05, 0.1) is 42.7 Å². The van der Waals surface area contributed by atoms with E-state index in [1.807, 2.05) is 20.8 Å². The first-order chi connectivity index (χ1) is 19.0. The number of halogens is 1. The maximum atomic E-state index is 13.5. The van der Waals surface area contributed by atoms with Gasteiger partial charge in [0.2, 0.25) is 5.91 Å². The molecule has 10 heteroatoms. The maximum Gasteiger partial charge on any atom is 0.338 e. The predicted octanol–water partition coefficient (Wildman–Crippen LogP) is 5.61. The maximum absolute atomic E-state index is 13.5. The van der Waals surface area contributed by atoms with Crippen LogP contribution in [0.15, 0.2) is 59.5 Å². The van der Waals surface area contributed by atoms with Crippen molar-refractivity contribution >= 4 is 29.2 Å². The average molecular weight is 566 g/mol. The first kappa shape index (κ1) is 30.4. The summed E-state index contributed by atoms with van der Waals surface area (Å²) in [6.45, 7) is 7.87. The molecule has 210 valence electrons. The van der Waals surface area contributed by atoms with Gasteiger partial charge in [-0.3, -0.25) is 14.2 Å². The summed E-state index contributed by atoms with van der Waals surface area (Å²) in [5.41, 5.74) is 0.999. The van der Waals surface area contributed by atoms with E-state index in [-0.39, 0.29) is 25.4 Å². The third-order valence-electron chi connectivity index (χ3n) is 5.88. The van der Waals surface area contributed by atoms with Gasteiger partial charge in [-0.2, -0.15) is 5.26 Å². The van der Waals surface area contributed by atoms with Gasteiger partial charge in [0.15, 0.2) is 0 Å². The average Bonchev–Trinajstić information content (AvgIpc) is 2.91. The van der Waals surface area contributed by atoms with Crippen LogP contribution in [0.3, 0.4) is 0 Å². The highest BCUT2D eigenvalue weighted by Gasteiger charge is 2.25. The number of anilines is 1. The standard InChI is InChI=1S/C30H32ClN3O6/c1-6-39-29(37)19-8-11-22(12-9-19)33-28(36)25(13-14-40-30(2,3)4)34-18-26(38-5)24(16-27(34)35)23-15-21(31)10-7-20(23)17-32/h7-12,15-16,18,25H,6,13-14H2,1-5H3,(H,33,36). The highest BCUT2D eigenvalue weighted by atomic mass is 35.5. The Morgan fingerprint density at radius 3 is 2.40 bits per heavy atom. The molecule has 0 aliphatic rings. The van der Waals surface area contributed by atoms with Gasteiger partial charge in [0.25, 0.3) is 5.56 Å². The van der Waals surface area contributed by atoms with Crippen LogP contribution in [0.4, 0.5) is 5.69 Å². The predicted molar refractivity (Wildman–Crippen MR) is 153 cm³/mol. The SMILES string of the molecule is CCOC(=O)c1ccc(NC(=O)C(CCOC(C)(C)C)n2cc(OC)c(-c3cc(Cl)ccc3C#N)cc2=O)cc1. The zero-order valence-electron chi connectivity index (χ0n) is 23.1. The monoisotopic (exact) mass is 565 g/mol. The number of pyridine rings is 1. The van der Waals surface area contributed by atoms with Crippen LogP contribution >= 0.6 is 11.6 Å². The molecule has 0 bridgehead atoms. The molecule has 3 aromatic rings. The van der Waals surface area contributed by atoms with E-state index in [9.17, 15) is 19.6 Å². The Kier molecular flexibility index (Phi) is 10.1. The quantitative estimate of drug-likeness (QED) is 0.317. The van der Waals surface area contributed by atoms with Crippen molar-refractivity contribution in [3.05, 3.63) is 81.2 Å². The van der Waals surface area contributed by atoms with E-state index in [4.69, 9.17) is 25.8 Å². The van der Waals surface area contributed by atoms with Crippen LogP contribution in [-0.2, 0) is 14.3 Å². The molecule has 0 radical (unpaired) electrons. The molecule has 0 aliphatic carbocycles. The number of rotatable bonds is 10. The molecular formula is C30H32ClN3O6. The van der Waals surface area contributed by atoms with Gasteiger partial charge in [-0.05, 0) is 70.2 Å². The Balaban J connectivity index is 2.00. The van der Waals surface area contributed by atoms with Gasteiger partial charge >= 0.3 is 5.97 Å². The van der Waals surface area contributed by atoms with E-state index >= 15 is 0 Å². The fraction of sp³-hybridized carbons (Fsp3) is 0.333. The first-order valence-electron chi connectivity index (χ1n) is 12.7. The second-order valence-electron chi connectivity index (χ2n) is 9.86. The normalized spacial score (nSPS) is 11.8. The van der Waals surface area contributed by atoms with Crippen LogP contribution in [-0.4, -0.2) is 42.4 Å². The summed E-state index contributed by atoms with van der Waals surface area (Å²) in [6, 6.07) is 13.5. The van der Waals surface area contributed by atoms with Crippen molar-refractivity contribution < 1.29 is 23.8 Å². The minimum Gasteiger partial charge on any atom is -0.495 e. The number of methoxy groups -OCH3 is 1. The number of hydrogen-bond acceptors (Lipinski definition) is 7. The molecule has 1 N–H and O–H groups in total. The molecule has 0 fully saturated rings. The summed E-state index contributed by atoms with van der Waals surface area (Å²) in [4.78, 5) is 38.9. The number of ether oxygens (including phenoxy) is 3. The number of hydrogen-bond donors (Lipinski definition) is 1. The van der Waals surface area contributed by atoms with Gasteiger partial charge in [-0.1, -0.05) is 11.6 Å². The fourth-order valence-electron chi connectivity index (χ4n) is 3.99. The van der Waals surface area contributed by atoms with Gasteiger partial charge < -0.3 is 19.5 Å². The third-order valence-corrected chi connectivity index (χ3v) is 6.12. The van der Waals surface area contributed by atoms with Crippen molar-refractivity contribution in [1.82, 2.24) is 4.57 Å². The molecule has 3 rings (SSSR count). The molecule has 1 unspecified atom stereocenters. The van der Waals surface area contributed by atoms with Gasteiger partial charge in [0, 0.05) is 40.9 Å². The molecule has 0 saturated carbocycles. The lowest BCUT2D eigenvalue weighted by Gasteiger charge is -2.24. The Hall–Kier alpha value is -4.13. The van der Waals surface area contributed by atoms with E-state index in [2.05, 4.69) is 11.4 Å². The number of nitrogens with one attached hydrogen (secondary N) is 1. The van der Waals surface area contributed by atoms with Gasteiger partial charge in [-0.25, -0.2) is 4.79 Å². The van der Waals surface area contributed by atoms with E-state index in [0.29, 0.717) is 33.0 Å². The molecule has 0 spiro atoms. The van der Waals surface area contributed by atoms with Crippen molar-refractivity contribution in [1.29, 1.82) is 5.26 Å². The third kappa shape index (κ3) is 7.72. The lowest BCUT2D eigenvalue weighted by Crippen LogP contribution is -2.34. The molecule has 1 amide bonds. The van der Waals surface area contributed by atoms with Crippen LogP contribution in [0.1, 0.15) is 56.1 Å². The van der Waals surface area contributed by atoms with Gasteiger partial charge in [-0.15, -0.1) is 0 Å². The molecule has 1 heterocycles. The molecule has 2 aromatic carbocycles. The lowest BCUT2D eigenvalue weighted by atomic mass is 10.00. The molecule has 0 saturated heterocycles. The Labute approximate surface area is 238 Å². The lowest BCUT2D eigenvalue weighted by molar-refractivity contribution is -0.120. The molecule has 40 heavy (non-hydrogen) atoms. The molecular weight excluding hydrogens is 534 g/mol. The summed E-state index contributed by atoms with van der Waals surface area (Å²) in [5, 5.41) is 12.8. The van der Waals surface area contributed by atoms with Crippen LogP contribution in [0.25, 0.3) is 11.1 Å². The van der Waals surface area contributed by atoms with Crippen LogP contribution in [0.5, 0.6) is 5.75 Å². The zero-order valence-corrected chi connectivity index (χ0v) is 23.9. The van der Waals surface area contributed by atoms with Crippen molar-refractivity contribution in [2.45, 2.75) is 45.8 Å². The van der Waals surface area contributed by atoms with Crippen molar-refractivity contribution in [3.8, 4) is 22.9 Å². The first-order valence-corrected chi connectivity index (χ1v) is 13.1. The smallest absolute Gasteiger partial charge is 0.338 e. The van der Waals surface area contributed by atoms with E-state index in [1.54, 1.807) is 49.4 Å². The van der Waals surface area contributed by atoms with Gasteiger partial charge in [0.1, 0.15) is 11.8 Å². The number of carbonyl (C=O) groups excluding carboxylic acids is 2. The van der Waals surface area contributed by atoms with Crippen molar-refractivity contribution in [2.75, 3.05) is 25.6 Å². The second kappa shape index (κ2) is 13.3. The Bertz CT molecular complexity index is 1470. The van der Waals surface area contributed by atoms with E-state index in [0.717, 1.165) is 0 Å². The summed E-state index contributed by atoms with van der Waals surface area (Å²) in [7, 11) is 1.44. The number of nitriles is 1. The van der Waals surface area contributed by atoms with Crippen LogP contribution in [0, 0.1) is 11.3 Å². The Morgan fingerprint density at radius 1 is 1.10 bits per heavy atom. The number of aromatic nitrogens is 1. The molecule has 0 aliphatic heterocycles. The number of carbonyl (C=O) groups is 2. The fourth-order valence-corrected chi connectivity index (χ4v) is 4.16. The summed E-state index contributed by atoms with van der Waals surface area (Å²) in [6.07, 6.45) is 1.64. The highest BCUT2D eigenvalue weighted by molar-refractivity contribution is 6.31. The summed E-state index contributed by atoms with van der Waals surface area (Å²) in [5.74, 6) is -0.638. The largest absolute Gasteiger partial charge is 0.495 e. The number of benzene rings is 2. The number of esters is 1. The summed E-state index contributed by atoms with van der Waals surface area (Å²) >= 11 is 6.17. The molecule has 1 atom stereocenters. The number of nitrogens with zero attached hydrogens (tertiary/aromatic N) is 2. The second-order valence-corrected chi connectivity index (χ2v) is 10.3. The highest BCUT2D eigenvalue weighted by Crippen LogP contribution is 2.33. The van der Waals surface area contributed by atoms with Crippen LogP contribution in [0.2, 0.25) is 5.02 Å². The topological polar surface area (TPSA) is 120 Å². The minimum absolute atomic E-state index is 0.188. The molecule has 9 nitrogen and oxygen atoms in total. The minimum atomic E-state index is -0.961. The van der Waals surface area contributed by atoms with E-state index in [1.165, 1.54) is 23.9 Å². The number of amides is 1. The summed E-state index contributed by atoms with van der Waals surface area (Å²) < 4.78 is 17.7.